The first-order valence-electron chi connectivity index (χ1n) is 30.1. The highest BCUT2D eigenvalue weighted by molar-refractivity contribution is 5.88. The van der Waals surface area contributed by atoms with Crippen molar-refractivity contribution < 1.29 is 34.8 Å². The molecule has 0 fully saturated rings. The van der Waals surface area contributed by atoms with E-state index in [2.05, 4.69) is 13.8 Å². The molecule has 67 heavy (non-hydrogen) atoms. The Balaban J connectivity index is 5.05. The summed E-state index contributed by atoms with van der Waals surface area (Å²) in [7, 11) is 0. The lowest BCUT2D eigenvalue weighted by atomic mass is 9.60. The first-order chi connectivity index (χ1) is 32.8. The Morgan fingerprint density at radius 3 is 0.687 bits per heavy atom. The number of hydrogen-bond acceptors (Lipinski definition) is 4. The van der Waals surface area contributed by atoms with Crippen molar-refractivity contribution in [3.8, 4) is 0 Å². The molecule has 0 aromatic heterocycles. The zero-order chi connectivity index (χ0) is 49.2. The molecule has 0 rings (SSSR count). The molecule has 0 aromatic carbocycles. The van der Waals surface area contributed by atoms with Crippen molar-refractivity contribution >= 4 is 17.9 Å². The molecule has 398 valence electrons. The lowest BCUT2D eigenvalue weighted by molar-refractivity contribution is -0.176. The lowest BCUT2D eigenvalue weighted by Crippen LogP contribution is -2.51. The van der Waals surface area contributed by atoms with E-state index in [0.29, 0.717) is 25.9 Å². The highest BCUT2D eigenvalue weighted by Crippen LogP contribution is 2.47. The Morgan fingerprint density at radius 1 is 0.299 bits per heavy atom. The third-order valence-electron chi connectivity index (χ3n) is 15.4. The molecule has 0 aliphatic heterocycles. The Labute approximate surface area is 416 Å². The van der Waals surface area contributed by atoms with Crippen molar-refractivity contribution in [1.82, 2.24) is 0 Å². The van der Waals surface area contributed by atoms with Gasteiger partial charge in [0.1, 0.15) is 0 Å². The molecule has 2 unspecified atom stereocenters. The average molecular weight is 950 g/mol. The van der Waals surface area contributed by atoms with Crippen LogP contribution in [0.5, 0.6) is 0 Å². The van der Waals surface area contributed by atoms with E-state index in [1.165, 1.54) is 212 Å². The van der Waals surface area contributed by atoms with Crippen LogP contribution >= 0.6 is 0 Å². The van der Waals surface area contributed by atoms with Crippen LogP contribution < -0.4 is 0 Å². The van der Waals surface area contributed by atoms with E-state index in [4.69, 9.17) is 5.11 Å². The second-order valence-corrected chi connectivity index (χ2v) is 21.4. The fourth-order valence-corrected chi connectivity index (χ4v) is 11.0. The minimum Gasteiger partial charge on any atom is -0.481 e. The largest absolute Gasteiger partial charge is 0.481 e. The Hall–Kier alpha value is -1.63. The number of aliphatic carboxylic acids is 3. The van der Waals surface area contributed by atoms with Crippen LogP contribution in [0.1, 0.15) is 341 Å². The number of aliphatic hydroxyl groups is 1. The third kappa shape index (κ3) is 38.8. The predicted octanol–water partition coefficient (Wildman–Crippen LogP) is 19.4. The molecule has 0 saturated heterocycles. The van der Waals surface area contributed by atoms with Gasteiger partial charge in [0.15, 0.2) is 0 Å². The summed E-state index contributed by atoms with van der Waals surface area (Å²) in [5, 5.41) is 41.4. The minimum absolute atomic E-state index is 0.120. The molecule has 0 saturated carbocycles. The summed E-state index contributed by atoms with van der Waals surface area (Å²) in [6.07, 6.45) is 57.7. The molecule has 2 atom stereocenters. The summed E-state index contributed by atoms with van der Waals surface area (Å²) in [5.41, 5.74) is -1.80. The molecule has 0 amide bonds. The lowest BCUT2D eigenvalue weighted by Gasteiger charge is -2.40. The van der Waals surface area contributed by atoms with Crippen molar-refractivity contribution in [2.45, 2.75) is 341 Å². The maximum atomic E-state index is 13.5. The van der Waals surface area contributed by atoms with Crippen molar-refractivity contribution in [3.63, 3.8) is 0 Å². The maximum Gasteiger partial charge on any atom is 0.311 e. The third-order valence-corrected chi connectivity index (χ3v) is 15.4. The van der Waals surface area contributed by atoms with E-state index >= 15 is 0 Å². The Morgan fingerprint density at radius 2 is 0.493 bits per heavy atom. The van der Waals surface area contributed by atoms with Gasteiger partial charge in [-0.2, -0.15) is 0 Å². The highest BCUT2D eigenvalue weighted by atomic mass is 16.4. The maximum absolute atomic E-state index is 13.5. The number of carbonyl (C=O) groups is 3. The topological polar surface area (TPSA) is 132 Å². The Bertz CT molecular complexity index is 1010. The molecule has 4 N–H and O–H groups in total. The number of aliphatic hydroxyl groups excluding tert-OH is 1. The minimum atomic E-state index is -1.80. The number of carboxylic acids is 3. The van der Waals surface area contributed by atoms with Gasteiger partial charge in [0, 0.05) is 6.61 Å². The van der Waals surface area contributed by atoms with Crippen LogP contribution in [-0.2, 0) is 14.4 Å². The molecule has 0 radical (unpaired) electrons. The highest BCUT2D eigenvalue weighted by Gasteiger charge is 2.56. The first-order valence-corrected chi connectivity index (χ1v) is 30.1. The van der Waals surface area contributed by atoms with Crippen LogP contribution in [0, 0.1) is 17.3 Å². The van der Waals surface area contributed by atoms with Gasteiger partial charge in [-0.15, -0.1) is 0 Å². The molecular weight excluding hydrogens is 833 g/mol. The molecule has 0 aliphatic rings. The second-order valence-electron chi connectivity index (χ2n) is 21.4. The molecule has 0 aliphatic carbocycles. The molecule has 0 bridgehead atoms. The normalized spacial score (nSPS) is 13.5. The molecule has 0 spiro atoms. The zero-order valence-electron chi connectivity index (χ0n) is 44.9. The average Bonchev–Trinajstić information content (AvgIpc) is 3.31. The van der Waals surface area contributed by atoms with Crippen molar-refractivity contribution in [2.75, 3.05) is 6.61 Å². The van der Waals surface area contributed by atoms with Crippen LogP contribution in [0.25, 0.3) is 0 Å². The fraction of sp³-hybridized carbons (Fsp3) is 0.950. The summed E-state index contributed by atoms with van der Waals surface area (Å²) in [6.45, 7) is 4.84. The van der Waals surface area contributed by atoms with E-state index in [1.807, 2.05) is 0 Å². The fourth-order valence-electron chi connectivity index (χ4n) is 11.0. The van der Waals surface area contributed by atoms with Gasteiger partial charge in [0.25, 0.3) is 0 Å². The van der Waals surface area contributed by atoms with Crippen LogP contribution in [0.4, 0.5) is 0 Å². The predicted molar refractivity (Wildman–Crippen MR) is 286 cm³/mol. The zero-order valence-corrected chi connectivity index (χ0v) is 44.9. The van der Waals surface area contributed by atoms with Gasteiger partial charge in [-0.25, -0.2) is 0 Å². The summed E-state index contributed by atoms with van der Waals surface area (Å²) < 4.78 is 0. The van der Waals surface area contributed by atoms with Gasteiger partial charge in [0.05, 0.1) is 17.3 Å². The van der Waals surface area contributed by atoms with E-state index in [1.54, 1.807) is 0 Å². The summed E-state index contributed by atoms with van der Waals surface area (Å²) in [4.78, 5) is 39.7. The van der Waals surface area contributed by atoms with Crippen LogP contribution in [0.3, 0.4) is 0 Å². The summed E-state index contributed by atoms with van der Waals surface area (Å²) >= 11 is 0. The van der Waals surface area contributed by atoms with Gasteiger partial charge in [-0.1, -0.05) is 316 Å². The number of hydrogen-bond donors (Lipinski definition) is 4. The van der Waals surface area contributed by atoms with Gasteiger partial charge in [-0.3, -0.25) is 14.4 Å². The number of carboxylic acid groups (broad SMARTS) is 3. The van der Waals surface area contributed by atoms with Crippen molar-refractivity contribution in [3.05, 3.63) is 0 Å². The van der Waals surface area contributed by atoms with Gasteiger partial charge < -0.3 is 20.4 Å². The van der Waals surface area contributed by atoms with Crippen LogP contribution in [-0.4, -0.2) is 44.9 Å². The van der Waals surface area contributed by atoms with Gasteiger partial charge in [-0.05, 0) is 25.7 Å². The standard InChI is InChI=1S/C60H116O7/c1-3-5-7-9-11-13-15-17-19-23-27-31-35-39-43-47-51-55(57(62)63)60(59(66)67,53-49-45-41-37-33-29-25-21-22-26-30-34-38-42-46-50-54-61)56(58(64)65)52-48-44-40-36-32-28-24-20-18-16-14-12-10-8-6-4-2/h55-56,61H,3-54H2,1-2H3,(H,62,63)(H,64,65)(H,66,67). The van der Waals surface area contributed by atoms with E-state index in [9.17, 15) is 29.7 Å². The van der Waals surface area contributed by atoms with E-state index in [-0.39, 0.29) is 19.3 Å². The first kappa shape index (κ1) is 65.4. The second kappa shape index (κ2) is 50.7. The summed E-state index contributed by atoms with van der Waals surface area (Å²) in [6, 6.07) is 0. The van der Waals surface area contributed by atoms with Crippen LogP contribution in [0.15, 0.2) is 0 Å². The Kier molecular flexibility index (Phi) is 49.5. The monoisotopic (exact) mass is 949 g/mol. The van der Waals surface area contributed by atoms with Gasteiger partial charge in [0.2, 0.25) is 0 Å². The molecule has 0 heterocycles. The van der Waals surface area contributed by atoms with Crippen LogP contribution in [0.2, 0.25) is 0 Å². The molecule has 0 aromatic rings. The smallest absolute Gasteiger partial charge is 0.311 e. The van der Waals surface area contributed by atoms with E-state index < -0.39 is 35.2 Å². The molecule has 7 nitrogen and oxygen atoms in total. The molecular formula is C60H116O7. The SMILES string of the molecule is CCCCCCCCCCCCCCCCCCC(C(=O)O)C(CCCCCCCCCCCCCCCCCCO)(C(=O)O)C(CCCCCCCCCCCCCCCCCC)C(=O)O. The van der Waals surface area contributed by atoms with Crippen molar-refractivity contribution in [2.24, 2.45) is 17.3 Å². The molecule has 7 heteroatoms. The number of unbranched alkanes of at least 4 members (excludes halogenated alkanes) is 45. The number of rotatable bonds is 57. The van der Waals surface area contributed by atoms with E-state index in [0.717, 1.165) is 77.0 Å². The van der Waals surface area contributed by atoms with Crippen molar-refractivity contribution in [1.29, 1.82) is 0 Å². The summed E-state index contributed by atoms with van der Waals surface area (Å²) in [5.74, 6) is -5.91. The quantitative estimate of drug-likeness (QED) is 0.0446. The van der Waals surface area contributed by atoms with Gasteiger partial charge >= 0.3 is 17.9 Å².